The van der Waals surface area contributed by atoms with Crippen molar-refractivity contribution in [3.63, 3.8) is 0 Å². The summed E-state index contributed by atoms with van der Waals surface area (Å²) in [4.78, 5) is 33.0. The summed E-state index contributed by atoms with van der Waals surface area (Å²) in [6.07, 6.45) is 7.26. The molecule has 34 heavy (non-hydrogen) atoms. The van der Waals surface area contributed by atoms with E-state index in [1.54, 1.807) is 12.1 Å². The van der Waals surface area contributed by atoms with E-state index in [2.05, 4.69) is 26.6 Å². The van der Waals surface area contributed by atoms with E-state index in [0.717, 1.165) is 63.9 Å². The van der Waals surface area contributed by atoms with Gasteiger partial charge in [-0.2, -0.15) is 0 Å². The number of hydrogen-bond acceptors (Lipinski definition) is 5. The van der Waals surface area contributed by atoms with Crippen molar-refractivity contribution in [2.75, 3.05) is 26.2 Å². The second kappa shape index (κ2) is 11.5. The first-order chi connectivity index (χ1) is 16.6. The Balaban J connectivity index is 1.43. The van der Waals surface area contributed by atoms with Crippen LogP contribution in [-0.4, -0.2) is 54.0 Å². The van der Waals surface area contributed by atoms with Crippen LogP contribution in [0.15, 0.2) is 48.7 Å². The van der Waals surface area contributed by atoms with E-state index in [1.807, 2.05) is 37.4 Å². The van der Waals surface area contributed by atoms with Crippen molar-refractivity contribution in [3.05, 3.63) is 59.9 Å². The molecule has 3 heterocycles. The maximum absolute atomic E-state index is 13.5. The van der Waals surface area contributed by atoms with Crippen LogP contribution in [0.25, 0.3) is 0 Å². The van der Waals surface area contributed by atoms with Gasteiger partial charge in [-0.15, -0.1) is 0 Å². The molecule has 1 aromatic heterocycles. The van der Waals surface area contributed by atoms with Crippen LogP contribution in [0.2, 0.25) is 0 Å². The highest BCUT2D eigenvalue weighted by Gasteiger charge is 2.41. The molecule has 4 rings (SSSR count). The van der Waals surface area contributed by atoms with Gasteiger partial charge in [0.1, 0.15) is 12.4 Å². The van der Waals surface area contributed by atoms with Gasteiger partial charge >= 0.3 is 0 Å². The monoisotopic (exact) mass is 464 g/mol. The summed E-state index contributed by atoms with van der Waals surface area (Å²) < 4.78 is 5.96. The molecule has 7 heteroatoms. The Morgan fingerprint density at radius 3 is 2.62 bits per heavy atom. The summed E-state index contributed by atoms with van der Waals surface area (Å²) in [6.45, 7) is 5.50. The fourth-order valence-electron chi connectivity index (χ4n) is 4.93. The van der Waals surface area contributed by atoms with Crippen molar-refractivity contribution in [2.45, 2.75) is 58.0 Å². The van der Waals surface area contributed by atoms with E-state index < -0.39 is 0 Å². The number of carbonyl (C=O) groups is 2. The average Bonchev–Trinajstić information content (AvgIpc) is 2.86. The lowest BCUT2D eigenvalue weighted by molar-refractivity contribution is -0.135. The number of pyridine rings is 1. The van der Waals surface area contributed by atoms with Crippen molar-refractivity contribution < 1.29 is 14.3 Å². The molecule has 2 aliphatic rings. The Morgan fingerprint density at radius 2 is 1.82 bits per heavy atom. The molecule has 7 nitrogen and oxygen atoms in total. The van der Waals surface area contributed by atoms with Crippen molar-refractivity contribution in [1.82, 2.24) is 20.5 Å². The van der Waals surface area contributed by atoms with Gasteiger partial charge in [0.05, 0.1) is 22.7 Å². The molecule has 2 aromatic rings. The standard InChI is InChI=1S/C27H36N4O3/c1-21-20-34-24-11-4-3-10-23(24)25(32)29-16-7-2-6-12-27(26(33)30-21)13-17-31(18-14-27)19-22-9-5-8-15-28-22/h3-5,8-11,15,21H,2,6-7,12-14,16-20H2,1H3,(H,29,32)(H,30,33)/t21-/m0/s1. The Morgan fingerprint density at radius 1 is 1.03 bits per heavy atom. The minimum Gasteiger partial charge on any atom is -0.491 e. The van der Waals surface area contributed by atoms with Crippen LogP contribution in [0, 0.1) is 5.41 Å². The van der Waals surface area contributed by atoms with Crippen LogP contribution in [0.5, 0.6) is 5.75 Å². The summed E-state index contributed by atoms with van der Waals surface area (Å²) in [5, 5.41) is 6.24. The minimum atomic E-state index is -0.351. The Hall–Kier alpha value is -2.93. The van der Waals surface area contributed by atoms with Crippen LogP contribution in [0.1, 0.15) is 61.5 Å². The molecule has 0 bridgehead atoms. The number of nitrogens with zero attached hydrogens (tertiary/aromatic N) is 2. The van der Waals surface area contributed by atoms with E-state index in [-0.39, 0.29) is 23.3 Å². The summed E-state index contributed by atoms with van der Waals surface area (Å²) in [5.74, 6) is 0.575. The lowest BCUT2D eigenvalue weighted by Crippen LogP contribution is -2.51. The highest BCUT2D eigenvalue weighted by Crippen LogP contribution is 2.38. The quantitative estimate of drug-likeness (QED) is 0.710. The first-order valence-electron chi connectivity index (χ1n) is 12.5. The summed E-state index contributed by atoms with van der Waals surface area (Å²) in [5.41, 5.74) is 1.25. The zero-order valence-corrected chi connectivity index (χ0v) is 20.1. The van der Waals surface area contributed by atoms with Gasteiger partial charge in [0.25, 0.3) is 5.91 Å². The van der Waals surface area contributed by atoms with Gasteiger partial charge in [-0.05, 0) is 70.0 Å². The summed E-state index contributed by atoms with van der Waals surface area (Å²) in [7, 11) is 0. The van der Waals surface area contributed by atoms with Crippen molar-refractivity contribution in [1.29, 1.82) is 0 Å². The van der Waals surface area contributed by atoms with Crippen LogP contribution in [0.4, 0.5) is 0 Å². The molecular formula is C27H36N4O3. The van der Waals surface area contributed by atoms with Crippen LogP contribution >= 0.6 is 0 Å². The number of carbonyl (C=O) groups excluding carboxylic acids is 2. The Bertz CT molecular complexity index is 957. The number of aromatic nitrogens is 1. The van der Waals surface area contributed by atoms with E-state index in [1.165, 1.54) is 0 Å². The van der Waals surface area contributed by atoms with E-state index in [0.29, 0.717) is 24.5 Å². The molecule has 1 spiro atoms. The normalized spacial score (nSPS) is 22.4. The molecule has 182 valence electrons. The highest BCUT2D eigenvalue weighted by molar-refractivity contribution is 5.96. The van der Waals surface area contributed by atoms with Crippen LogP contribution in [0.3, 0.4) is 0 Å². The third-order valence-corrected chi connectivity index (χ3v) is 7.02. The van der Waals surface area contributed by atoms with Gasteiger partial charge in [0.2, 0.25) is 5.91 Å². The van der Waals surface area contributed by atoms with Crippen LogP contribution in [-0.2, 0) is 11.3 Å². The molecule has 2 N–H and O–H groups in total. The maximum Gasteiger partial charge on any atom is 0.255 e. The summed E-state index contributed by atoms with van der Waals surface area (Å²) in [6, 6.07) is 13.1. The lowest BCUT2D eigenvalue weighted by atomic mass is 9.73. The number of amides is 2. The fraction of sp³-hybridized carbons (Fsp3) is 0.519. The number of hydrogen-bond donors (Lipinski definition) is 2. The molecule has 0 saturated carbocycles. The number of ether oxygens (including phenoxy) is 1. The Labute approximate surface area is 202 Å². The molecule has 2 aliphatic heterocycles. The predicted octanol–water partition coefficient (Wildman–Crippen LogP) is 3.55. The molecular weight excluding hydrogens is 428 g/mol. The second-order valence-corrected chi connectivity index (χ2v) is 9.63. The SMILES string of the molecule is C[C@H]1COc2ccccc2C(=O)NCCCCCC2(CCN(Cc3ccccn3)CC2)C(=O)N1. The van der Waals surface area contributed by atoms with Crippen LogP contribution < -0.4 is 15.4 Å². The largest absolute Gasteiger partial charge is 0.491 e. The van der Waals surface area contributed by atoms with E-state index >= 15 is 0 Å². The van der Waals surface area contributed by atoms with E-state index in [9.17, 15) is 9.59 Å². The van der Waals surface area contributed by atoms with Gasteiger partial charge < -0.3 is 15.4 Å². The zero-order chi connectivity index (χ0) is 23.8. The smallest absolute Gasteiger partial charge is 0.255 e. The van der Waals surface area contributed by atoms with Crippen molar-refractivity contribution in [3.8, 4) is 5.75 Å². The minimum absolute atomic E-state index is 0.112. The number of fused-ring (bicyclic) bond motifs is 1. The molecule has 1 saturated heterocycles. The number of nitrogens with one attached hydrogen (secondary N) is 2. The molecule has 2 amide bonds. The molecule has 0 aliphatic carbocycles. The van der Waals surface area contributed by atoms with Gasteiger partial charge in [0, 0.05) is 19.3 Å². The number of rotatable bonds is 2. The average molecular weight is 465 g/mol. The number of piperidine rings is 1. The van der Waals surface area contributed by atoms with Crippen molar-refractivity contribution >= 4 is 11.8 Å². The first kappa shape index (κ1) is 24.2. The third kappa shape index (κ3) is 6.14. The van der Waals surface area contributed by atoms with Gasteiger partial charge in [-0.3, -0.25) is 19.5 Å². The fourth-order valence-corrected chi connectivity index (χ4v) is 4.93. The lowest BCUT2D eigenvalue weighted by Gasteiger charge is -2.41. The summed E-state index contributed by atoms with van der Waals surface area (Å²) >= 11 is 0. The Kier molecular flexibility index (Phi) is 8.16. The van der Waals surface area contributed by atoms with Gasteiger partial charge in [-0.1, -0.05) is 31.0 Å². The topological polar surface area (TPSA) is 83.6 Å². The molecule has 1 fully saturated rings. The van der Waals surface area contributed by atoms with E-state index in [4.69, 9.17) is 4.74 Å². The molecule has 0 radical (unpaired) electrons. The highest BCUT2D eigenvalue weighted by atomic mass is 16.5. The predicted molar refractivity (Wildman–Crippen MR) is 132 cm³/mol. The number of benzene rings is 1. The number of para-hydroxylation sites is 1. The first-order valence-corrected chi connectivity index (χ1v) is 12.5. The van der Waals surface area contributed by atoms with Gasteiger partial charge in [0.15, 0.2) is 0 Å². The van der Waals surface area contributed by atoms with Gasteiger partial charge in [-0.25, -0.2) is 0 Å². The third-order valence-electron chi connectivity index (χ3n) is 7.02. The van der Waals surface area contributed by atoms with Crippen molar-refractivity contribution in [2.24, 2.45) is 5.41 Å². The molecule has 1 atom stereocenters. The maximum atomic E-state index is 13.5. The number of likely N-dealkylation sites (tertiary alicyclic amines) is 1. The zero-order valence-electron chi connectivity index (χ0n) is 20.1. The second-order valence-electron chi connectivity index (χ2n) is 9.63. The molecule has 0 unspecified atom stereocenters. The molecule has 1 aromatic carbocycles.